The molecule has 3 aromatic carbocycles. The average Bonchev–Trinajstić information content (AvgIpc) is 3.63. The van der Waals surface area contributed by atoms with Gasteiger partial charge in [0.05, 0.1) is 6.26 Å². The van der Waals surface area contributed by atoms with Crippen LogP contribution in [-0.2, 0) is 21.8 Å². The molecule has 0 bridgehead atoms. The van der Waals surface area contributed by atoms with Crippen LogP contribution in [0.1, 0.15) is 27.2 Å². The molecule has 7 nitrogen and oxygen atoms in total. The van der Waals surface area contributed by atoms with E-state index in [2.05, 4.69) is 10.5 Å². The fourth-order valence-electron chi connectivity index (χ4n) is 4.66. The van der Waals surface area contributed by atoms with E-state index in [-0.39, 0.29) is 5.76 Å². The van der Waals surface area contributed by atoms with Crippen LogP contribution in [0.25, 0.3) is 0 Å². The number of para-hydroxylation sites is 2. The summed E-state index contributed by atoms with van der Waals surface area (Å²) in [6.45, 7) is 0.331. The van der Waals surface area contributed by atoms with E-state index in [0.717, 1.165) is 5.56 Å². The minimum atomic E-state index is -1.65. The molecular weight excluding hydrogens is 444 g/mol. The Kier molecular flexibility index (Phi) is 4.95. The summed E-state index contributed by atoms with van der Waals surface area (Å²) in [6, 6.07) is 27.4. The highest BCUT2D eigenvalue weighted by Gasteiger charge is 2.64. The van der Waals surface area contributed by atoms with Crippen molar-refractivity contribution in [2.45, 2.75) is 12.2 Å². The summed E-state index contributed by atoms with van der Waals surface area (Å²) >= 11 is 0. The van der Waals surface area contributed by atoms with Crippen molar-refractivity contribution in [2.24, 2.45) is 11.1 Å². The lowest BCUT2D eigenvalue weighted by atomic mass is 9.75. The number of Topliss-reactive ketones (excluding diaryl/α,β-unsaturated/α-hetero) is 1. The van der Waals surface area contributed by atoms with Crippen LogP contribution in [0.2, 0.25) is 0 Å². The number of nitrogens with one attached hydrogen (secondary N) is 1. The highest BCUT2D eigenvalue weighted by atomic mass is 16.7. The maximum absolute atomic E-state index is 13.8. The molecule has 35 heavy (non-hydrogen) atoms. The van der Waals surface area contributed by atoms with Crippen molar-refractivity contribution >= 4 is 23.1 Å². The molecule has 6 rings (SSSR count). The summed E-state index contributed by atoms with van der Waals surface area (Å²) in [6.07, 6.45) is 1.42. The second-order valence-corrected chi connectivity index (χ2v) is 8.35. The molecule has 0 radical (unpaired) electrons. The van der Waals surface area contributed by atoms with Crippen molar-refractivity contribution < 1.29 is 23.6 Å². The molecule has 1 spiro atoms. The standard InChI is InChI=1S/C28H20N2O5/c31-26(23-15-8-16-33-23)24-25(30-35-28(24)20-12-5-6-13-21(20)29-27(28)32)19-11-4-7-14-22(19)34-17-18-9-2-1-3-10-18/h1-16,24H,17H2,(H,29,32)/t24-,28-/m0/s1. The molecule has 2 aliphatic rings. The molecule has 7 heteroatoms. The topological polar surface area (TPSA) is 90.1 Å². The first kappa shape index (κ1) is 20.9. The van der Waals surface area contributed by atoms with E-state index in [1.807, 2.05) is 60.7 Å². The molecule has 0 saturated heterocycles. The zero-order valence-electron chi connectivity index (χ0n) is 18.5. The Morgan fingerprint density at radius 2 is 1.71 bits per heavy atom. The normalized spacial score (nSPS) is 20.2. The molecular formula is C28H20N2O5. The molecule has 0 saturated carbocycles. The number of fused-ring (bicyclic) bond motifs is 2. The van der Waals surface area contributed by atoms with Crippen LogP contribution >= 0.6 is 0 Å². The quantitative estimate of drug-likeness (QED) is 0.408. The van der Waals surface area contributed by atoms with Gasteiger partial charge in [-0.05, 0) is 35.9 Å². The minimum Gasteiger partial charge on any atom is -0.488 e. The van der Waals surface area contributed by atoms with Gasteiger partial charge < -0.3 is 19.3 Å². The summed E-state index contributed by atoms with van der Waals surface area (Å²) in [5.74, 6) is -1.30. The second-order valence-electron chi connectivity index (χ2n) is 8.35. The Bertz CT molecular complexity index is 1450. The van der Waals surface area contributed by atoms with E-state index in [4.69, 9.17) is 14.0 Å². The van der Waals surface area contributed by atoms with Crippen LogP contribution in [0.15, 0.2) is 107 Å². The third-order valence-electron chi connectivity index (χ3n) is 6.31. The molecule has 2 atom stereocenters. The highest BCUT2D eigenvalue weighted by Crippen LogP contribution is 2.50. The number of carbonyl (C=O) groups excluding carboxylic acids is 2. The zero-order chi connectivity index (χ0) is 23.8. The summed E-state index contributed by atoms with van der Waals surface area (Å²) in [5.41, 5.74) is 1.36. The predicted octanol–water partition coefficient (Wildman–Crippen LogP) is 4.94. The molecule has 2 aliphatic heterocycles. The lowest BCUT2D eigenvalue weighted by molar-refractivity contribution is -0.140. The van der Waals surface area contributed by atoms with Gasteiger partial charge in [0.15, 0.2) is 5.76 Å². The van der Waals surface area contributed by atoms with Gasteiger partial charge >= 0.3 is 0 Å². The SMILES string of the molecule is O=C(c1ccco1)[C@@H]1C(c2ccccc2OCc2ccccc2)=NO[C@]12C(=O)Nc1ccccc12. The molecule has 172 valence electrons. The van der Waals surface area contributed by atoms with E-state index in [0.29, 0.717) is 34.9 Å². The van der Waals surface area contributed by atoms with Crippen LogP contribution in [0.4, 0.5) is 5.69 Å². The average molecular weight is 464 g/mol. The van der Waals surface area contributed by atoms with Crippen LogP contribution in [0.5, 0.6) is 5.75 Å². The fourth-order valence-corrected chi connectivity index (χ4v) is 4.66. The van der Waals surface area contributed by atoms with Crippen molar-refractivity contribution in [1.29, 1.82) is 0 Å². The Labute approximate surface area is 201 Å². The van der Waals surface area contributed by atoms with Crippen molar-refractivity contribution in [3.8, 4) is 5.75 Å². The summed E-state index contributed by atoms with van der Waals surface area (Å²) < 4.78 is 11.6. The van der Waals surface area contributed by atoms with E-state index in [9.17, 15) is 9.59 Å². The first-order valence-corrected chi connectivity index (χ1v) is 11.2. The monoisotopic (exact) mass is 464 g/mol. The number of rotatable bonds is 6. The Morgan fingerprint density at radius 3 is 2.54 bits per heavy atom. The van der Waals surface area contributed by atoms with Gasteiger partial charge in [-0.15, -0.1) is 0 Å². The van der Waals surface area contributed by atoms with Crippen LogP contribution < -0.4 is 10.1 Å². The van der Waals surface area contributed by atoms with Gasteiger partial charge in [0, 0.05) is 16.8 Å². The molecule has 4 aromatic rings. The third kappa shape index (κ3) is 3.32. The summed E-state index contributed by atoms with van der Waals surface area (Å²) in [7, 11) is 0. The molecule has 1 N–H and O–H groups in total. The number of carbonyl (C=O) groups is 2. The zero-order valence-corrected chi connectivity index (χ0v) is 18.5. The first-order chi connectivity index (χ1) is 17.2. The van der Waals surface area contributed by atoms with Gasteiger partial charge in [-0.1, -0.05) is 65.8 Å². The van der Waals surface area contributed by atoms with Crippen LogP contribution in [0.3, 0.4) is 0 Å². The Hall–Kier alpha value is -4.65. The van der Waals surface area contributed by atoms with Gasteiger partial charge in [-0.2, -0.15) is 0 Å². The van der Waals surface area contributed by atoms with Crippen molar-refractivity contribution in [1.82, 2.24) is 0 Å². The number of furan rings is 1. The van der Waals surface area contributed by atoms with Crippen molar-refractivity contribution in [2.75, 3.05) is 5.32 Å². The number of ether oxygens (including phenoxy) is 1. The minimum absolute atomic E-state index is 0.118. The van der Waals surface area contributed by atoms with Crippen LogP contribution in [0, 0.1) is 5.92 Å². The lowest BCUT2D eigenvalue weighted by Gasteiger charge is -2.26. The molecule has 0 fully saturated rings. The molecule has 0 aliphatic carbocycles. The third-order valence-corrected chi connectivity index (χ3v) is 6.31. The van der Waals surface area contributed by atoms with Crippen molar-refractivity contribution in [3.63, 3.8) is 0 Å². The molecule has 1 aromatic heterocycles. The largest absolute Gasteiger partial charge is 0.488 e. The molecule has 3 heterocycles. The number of oxime groups is 1. The maximum Gasteiger partial charge on any atom is 0.277 e. The van der Waals surface area contributed by atoms with Gasteiger partial charge in [-0.25, -0.2) is 0 Å². The van der Waals surface area contributed by atoms with Gasteiger partial charge in [-0.3, -0.25) is 9.59 Å². The predicted molar refractivity (Wildman–Crippen MR) is 128 cm³/mol. The second kappa shape index (κ2) is 8.29. The summed E-state index contributed by atoms with van der Waals surface area (Å²) in [5, 5.41) is 7.17. The number of hydrogen-bond donors (Lipinski definition) is 1. The van der Waals surface area contributed by atoms with E-state index < -0.39 is 23.2 Å². The molecule has 1 amide bonds. The Balaban J connectivity index is 1.45. The lowest BCUT2D eigenvalue weighted by Crippen LogP contribution is -2.46. The van der Waals surface area contributed by atoms with Crippen molar-refractivity contribution in [3.05, 3.63) is 120 Å². The van der Waals surface area contributed by atoms with Gasteiger partial charge in [0.2, 0.25) is 5.78 Å². The number of amides is 1. The van der Waals surface area contributed by atoms with E-state index >= 15 is 0 Å². The fraction of sp³-hybridized carbons (Fsp3) is 0.107. The number of nitrogens with zero attached hydrogens (tertiary/aromatic N) is 1. The van der Waals surface area contributed by atoms with E-state index in [1.54, 1.807) is 30.3 Å². The van der Waals surface area contributed by atoms with Gasteiger partial charge in [0.25, 0.3) is 11.5 Å². The van der Waals surface area contributed by atoms with E-state index in [1.165, 1.54) is 6.26 Å². The molecule has 0 unspecified atom stereocenters. The van der Waals surface area contributed by atoms with Crippen LogP contribution in [-0.4, -0.2) is 17.4 Å². The number of hydrogen-bond acceptors (Lipinski definition) is 6. The number of ketones is 1. The maximum atomic E-state index is 13.8. The first-order valence-electron chi connectivity index (χ1n) is 11.2. The number of benzene rings is 3. The highest BCUT2D eigenvalue weighted by molar-refractivity contribution is 6.24. The number of anilines is 1. The smallest absolute Gasteiger partial charge is 0.277 e. The summed E-state index contributed by atoms with van der Waals surface area (Å²) in [4.78, 5) is 33.1. The van der Waals surface area contributed by atoms with Gasteiger partial charge in [0.1, 0.15) is 24.0 Å². The Morgan fingerprint density at radius 1 is 0.943 bits per heavy atom.